The van der Waals surface area contributed by atoms with Crippen LogP contribution in [0.5, 0.6) is 5.75 Å². The van der Waals surface area contributed by atoms with E-state index < -0.39 is 29.2 Å². The second kappa shape index (κ2) is 13.0. The van der Waals surface area contributed by atoms with Gasteiger partial charge in [-0.25, -0.2) is 8.78 Å². The first-order chi connectivity index (χ1) is 15.9. The fraction of sp³-hybridized carbons (Fsp3) is 0.250. The smallest absolute Gasteiger partial charge is 0.254 e. The largest absolute Gasteiger partial charge is 0.490 e. The molecule has 1 aromatic heterocycles. The Bertz CT molecular complexity index is 1100. The van der Waals surface area contributed by atoms with Crippen molar-refractivity contribution in [3.63, 3.8) is 0 Å². The van der Waals surface area contributed by atoms with E-state index in [1.165, 1.54) is 6.07 Å². The molecule has 1 heterocycles. The molecule has 0 radical (unpaired) electrons. The first-order valence-corrected chi connectivity index (χ1v) is 11.2. The summed E-state index contributed by atoms with van der Waals surface area (Å²) in [4.78, 5) is 13.9. The summed E-state index contributed by atoms with van der Waals surface area (Å²) in [6.07, 6.45) is -0.894. The molecule has 0 bridgehead atoms. The van der Waals surface area contributed by atoms with Gasteiger partial charge in [-0.15, -0.1) is 23.7 Å². The molecule has 0 saturated carbocycles. The number of hydrogen-bond acceptors (Lipinski definition) is 5. The van der Waals surface area contributed by atoms with E-state index in [9.17, 15) is 9.18 Å². The summed E-state index contributed by atoms with van der Waals surface area (Å²) in [5, 5.41) is 12.0. The summed E-state index contributed by atoms with van der Waals surface area (Å²) in [5.41, 5.74) is 6.23. The summed E-state index contributed by atoms with van der Waals surface area (Å²) < 4.78 is 40.7. The van der Waals surface area contributed by atoms with Crippen LogP contribution in [0, 0.1) is 17.0 Å². The first-order valence-electron chi connectivity index (χ1n) is 10.4. The van der Waals surface area contributed by atoms with E-state index >= 15 is 4.39 Å². The van der Waals surface area contributed by atoms with Crippen molar-refractivity contribution >= 4 is 35.5 Å². The highest BCUT2D eigenvalue weighted by Gasteiger charge is 2.29. The minimum Gasteiger partial charge on any atom is -0.490 e. The number of benzene rings is 2. The number of carbonyl (C=O) groups is 1. The predicted molar refractivity (Wildman–Crippen MR) is 131 cm³/mol. The van der Waals surface area contributed by atoms with Gasteiger partial charge in [0, 0.05) is 30.0 Å². The van der Waals surface area contributed by atoms with Crippen LogP contribution < -0.4 is 15.8 Å². The quantitative estimate of drug-likeness (QED) is 0.257. The summed E-state index contributed by atoms with van der Waals surface area (Å²) in [6, 6.07) is 12.9. The number of ether oxygens (including phenoxy) is 2. The maximum absolute atomic E-state index is 15.2. The molecule has 34 heavy (non-hydrogen) atoms. The molecule has 1 amide bonds. The molecule has 0 saturated heterocycles. The molecule has 10 heteroatoms. The molecule has 4 N–H and O–H groups in total. The molecule has 0 aliphatic carbocycles. The van der Waals surface area contributed by atoms with Gasteiger partial charge in [0.15, 0.2) is 17.7 Å². The van der Waals surface area contributed by atoms with Gasteiger partial charge in [-0.2, -0.15) is 0 Å². The Morgan fingerprint density at radius 3 is 2.53 bits per heavy atom. The number of thiophene rings is 1. The summed E-state index contributed by atoms with van der Waals surface area (Å²) in [5.74, 6) is -2.73. The van der Waals surface area contributed by atoms with Crippen molar-refractivity contribution in [2.75, 3.05) is 13.2 Å². The van der Waals surface area contributed by atoms with Crippen molar-refractivity contribution in [1.82, 2.24) is 5.32 Å². The number of rotatable bonds is 11. The number of amides is 1. The fourth-order valence-electron chi connectivity index (χ4n) is 3.16. The van der Waals surface area contributed by atoms with Gasteiger partial charge >= 0.3 is 0 Å². The highest BCUT2D eigenvalue weighted by Crippen LogP contribution is 2.30. The van der Waals surface area contributed by atoms with Gasteiger partial charge in [-0.3, -0.25) is 10.2 Å². The Labute approximate surface area is 207 Å². The molecular formula is C24H26ClF2N3O3S. The third-order valence-electron chi connectivity index (χ3n) is 4.84. The Hall–Kier alpha value is -3.01. The molecule has 3 rings (SSSR count). The summed E-state index contributed by atoms with van der Waals surface area (Å²) >= 11 is 1.57. The molecule has 0 fully saturated rings. The highest BCUT2D eigenvalue weighted by atomic mass is 35.5. The predicted octanol–water partition coefficient (Wildman–Crippen LogP) is 4.75. The van der Waals surface area contributed by atoms with E-state index in [0.717, 1.165) is 16.5 Å². The van der Waals surface area contributed by atoms with Crippen LogP contribution in [0.4, 0.5) is 8.78 Å². The first kappa shape index (κ1) is 27.2. The molecule has 0 spiro atoms. The zero-order chi connectivity index (χ0) is 23.8. The normalized spacial score (nSPS) is 11.4. The molecule has 0 aliphatic rings. The zero-order valence-corrected chi connectivity index (χ0v) is 20.1. The van der Waals surface area contributed by atoms with Gasteiger partial charge in [0.2, 0.25) is 0 Å². The van der Waals surface area contributed by atoms with Crippen LogP contribution in [-0.2, 0) is 22.5 Å². The third kappa shape index (κ3) is 6.99. The molecule has 6 nitrogen and oxygen atoms in total. The topological polar surface area (TPSA) is 97.4 Å². The Kier molecular flexibility index (Phi) is 10.4. The number of nitrogens with two attached hydrogens (primary N) is 1. The molecule has 1 atom stereocenters. The highest BCUT2D eigenvalue weighted by molar-refractivity contribution is 7.09. The van der Waals surface area contributed by atoms with E-state index in [0.29, 0.717) is 12.0 Å². The van der Waals surface area contributed by atoms with Crippen LogP contribution in [0.25, 0.3) is 0 Å². The van der Waals surface area contributed by atoms with Gasteiger partial charge < -0.3 is 20.5 Å². The third-order valence-corrected chi connectivity index (χ3v) is 5.78. The van der Waals surface area contributed by atoms with E-state index in [2.05, 4.69) is 5.32 Å². The molecule has 0 aliphatic heterocycles. The minimum atomic E-state index is -1.48. The van der Waals surface area contributed by atoms with Crippen molar-refractivity contribution in [3.8, 4) is 5.75 Å². The second-order valence-corrected chi connectivity index (χ2v) is 8.15. The van der Waals surface area contributed by atoms with Gasteiger partial charge in [0.25, 0.3) is 5.91 Å². The van der Waals surface area contributed by atoms with Gasteiger partial charge in [-0.05, 0) is 36.1 Å². The number of hydrogen-bond donors (Lipinski definition) is 3. The summed E-state index contributed by atoms with van der Waals surface area (Å²) in [7, 11) is 0. The molecular weight excluding hydrogens is 484 g/mol. The lowest BCUT2D eigenvalue weighted by Crippen LogP contribution is -2.31. The monoisotopic (exact) mass is 509 g/mol. The van der Waals surface area contributed by atoms with Crippen LogP contribution in [-0.4, -0.2) is 25.0 Å². The number of carbonyl (C=O) groups excluding carboxylic acids is 1. The van der Waals surface area contributed by atoms with Crippen molar-refractivity contribution in [2.45, 2.75) is 26.0 Å². The molecule has 182 valence electrons. The van der Waals surface area contributed by atoms with Crippen molar-refractivity contribution in [2.24, 2.45) is 5.73 Å². The van der Waals surface area contributed by atoms with E-state index in [-0.39, 0.29) is 43.8 Å². The molecule has 1 unspecified atom stereocenters. The number of halogens is 3. The SMILES string of the molecule is CCOC(C(=O)NCc1ccc(C(=N)N)cc1)c1c(F)ccc(OCCc2cccs2)c1F.Cl. The van der Waals surface area contributed by atoms with Crippen LogP contribution in [0.15, 0.2) is 53.9 Å². The van der Waals surface area contributed by atoms with Gasteiger partial charge in [0.1, 0.15) is 11.7 Å². The van der Waals surface area contributed by atoms with E-state index in [1.54, 1.807) is 42.5 Å². The number of nitrogen functional groups attached to an aromatic ring is 1. The number of amidine groups is 1. The lowest BCUT2D eigenvalue weighted by atomic mass is 10.1. The van der Waals surface area contributed by atoms with Crippen molar-refractivity contribution in [3.05, 3.63) is 87.1 Å². The van der Waals surface area contributed by atoms with Crippen molar-refractivity contribution < 1.29 is 23.0 Å². The maximum atomic E-state index is 15.2. The standard InChI is InChI=1S/C24H25F2N3O3S.ClH/c1-2-31-22(24(30)29-14-15-5-7-16(8-6-15)23(27)28)20-18(25)9-10-19(21(20)26)32-12-11-17-4-3-13-33-17;/h3-10,13,22H,2,11-12,14H2,1H3,(H3,27,28)(H,29,30);1H. The second-order valence-electron chi connectivity index (χ2n) is 7.11. The average molecular weight is 510 g/mol. The maximum Gasteiger partial charge on any atom is 0.254 e. The molecule has 2 aromatic carbocycles. The Balaban J connectivity index is 0.00000408. The van der Waals surface area contributed by atoms with Crippen LogP contribution in [0.3, 0.4) is 0 Å². The Morgan fingerprint density at radius 1 is 1.18 bits per heavy atom. The lowest BCUT2D eigenvalue weighted by Gasteiger charge is -2.20. The van der Waals surface area contributed by atoms with Crippen molar-refractivity contribution in [1.29, 1.82) is 5.41 Å². The van der Waals surface area contributed by atoms with Crippen LogP contribution in [0.1, 0.15) is 34.6 Å². The van der Waals surface area contributed by atoms with E-state index in [4.69, 9.17) is 20.6 Å². The van der Waals surface area contributed by atoms with E-state index in [1.807, 2.05) is 17.5 Å². The fourth-order valence-corrected chi connectivity index (χ4v) is 3.85. The zero-order valence-electron chi connectivity index (χ0n) is 18.5. The lowest BCUT2D eigenvalue weighted by molar-refractivity contribution is -0.133. The summed E-state index contributed by atoms with van der Waals surface area (Å²) in [6.45, 7) is 2.04. The minimum absolute atomic E-state index is 0. The van der Waals surface area contributed by atoms with Crippen LogP contribution >= 0.6 is 23.7 Å². The van der Waals surface area contributed by atoms with Crippen LogP contribution in [0.2, 0.25) is 0 Å². The number of nitrogens with one attached hydrogen (secondary N) is 2. The molecule has 3 aromatic rings. The van der Waals surface area contributed by atoms with Gasteiger partial charge in [0.05, 0.1) is 12.2 Å². The van der Waals surface area contributed by atoms with Gasteiger partial charge in [-0.1, -0.05) is 30.3 Å². The average Bonchev–Trinajstić information content (AvgIpc) is 3.32. The Morgan fingerprint density at radius 2 is 1.91 bits per heavy atom.